The summed E-state index contributed by atoms with van der Waals surface area (Å²) < 4.78 is 0.807. The Morgan fingerprint density at radius 1 is 1.56 bits per heavy atom. The molecule has 2 nitrogen and oxygen atoms in total. The van der Waals surface area contributed by atoms with Crippen LogP contribution in [0.1, 0.15) is 6.42 Å². The maximum absolute atomic E-state index is 11.8. The van der Waals surface area contributed by atoms with Crippen molar-refractivity contribution in [2.45, 2.75) is 6.42 Å². The van der Waals surface area contributed by atoms with E-state index in [4.69, 9.17) is 11.6 Å². The van der Waals surface area contributed by atoms with E-state index in [1.807, 2.05) is 18.2 Å². The predicted molar refractivity (Wildman–Crippen MR) is 69.8 cm³/mol. The molecule has 0 N–H and O–H groups in total. The summed E-state index contributed by atoms with van der Waals surface area (Å²) in [5.74, 6) is 0.390. The monoisotopic (exact) mass is 299 g/mol. The van der Waals surface area contributed by atoms with E-state index < -0.39 is 0 Å². The third-order valence-corrected chi connectivity index (χ3v) is 3.92. The second-order valence-electron chi connectivity index (χ2n) is 3.80. The molecule has 84 valence electrons. The molecular weight excluding hydrogens is 289 g/mol. The van der Waals surface area contributed by atoms with Crippen LogP contribution in [0.3, 0.4) is 0 Å². The molecule has 0 bridgehead atoms. The minimum absolute atomic E-state index is 0.138. The average molecular weight is 301 g/mol. The molecule has 0 aromatic heterocycles. The van der Waals surface area contributed by atoms with Gasteiger partial charge in [0.25, 0.3) is 0 Å². The SMILES string of the molecule is C=CC1CC(=O)N(c2ccc(Cl)c(Br)c2)C1. The smallest absolute Gasteiger partial charge is 0.227 e. The van der Waals surface area contributed by atoms with Crippen molar-refractivity contribution in [2.75, 3.05) is 11.4 Å². The van der Waals surface area contributed by atoms with Crippen molar-refractivity contribution in [1.29, 1.82) is 0 Å². The highest BCUT2D eigenvalue weighted by Crippen LogP contribution is 2.31. The fourth-order valence-corrected chi connectivity index (χ4v) is 2.28. The van der Waals surface area contributed by atoms with E-state index in [0.29, 0.717) is 18.0 Å². The molecule has 4 heteroatoms. The van der Waals surface area contributed by atoms with Crippen molar-refractivity contribution in [3.8, 4) is 0 Å². The van der Waals surface area contributed by atoms with Crippen LogP contribution in [0.25, 0.3) is 0 Å². The summed E-state index contributed by atoms with van der Waals surface area (Å²) in [7, 11) is 0. The average Bonchev–Trinajstić information content (AvgIpc) is 2.64. The Morgan fingerprint density at radius 2 is 2.31 bits per heavy atom. The lowest BCUT2D eigenvalue weighted by atomic mass is 10.1. The number of halogens is 2. The van der Waals surface area contributed by atoms with Gasteiger partial charge in [0.2, 0.25) is 5.91 Å². The largest absolute Gasteiger partial charge is 0.312 e. The number of carbonyl (C=O) groups is 1. The standard InChI is InChI=1S/C12H11BrClNO/c1-2-8-5-12(16)15(7-8)9-3-4-11(14)10(13)6-9/h2-4,6,8H,1,5,7H2. The van der Waals surface area contributed by atoms with Crippen molar-refractivity contribution in [3.63, 3.8) is 0 Å². The molecule has 2 rings (SSSR count). The summed E-state index contributed by atoms with van der Waals surface area (Å²) in [5, 5.41) is 0.649. The lowest BCUT2D eigenvalue weighted by molar-refractivity contribution is -0.117. The predicted octanol–water partition coefficient (Wildman–Crippen LogP) is 3.64. The van der Waals surface area contributed by atoms with Crippen molar-refractivity contribution in [1.82, 2.24) is 0 Å². The molecule has 0 aliphatic carbocycles. The lowest BCUT2D eigenvalue weighted by Gasteiger charge is -2.16. The molecule has 1 fully saturated rings. The number of hydrogen-bond donors (Lipinski definition) is 0. The molecule has 0 spiro atoms. The number of carbonyl (C=O) groups excluding carboxylic acids is 1. The number of rotatable bonds is 2. The summed E-state index contributed by atoms with van der Waals surface area (Å²) in [6.07, 6.45) is 2.38. The molecule has 1 saturated heterocycles. The van der Waals surface area contributed by atoms with E-state index >= 15 is 0 Å². The molecule has 16 heavy (non-hydrogen) atoms. The first-order valence-electron chi connectivity index (χ1n) is 5.00. The highest BCUT2D eigenvalue weighted by molar-refractivity contribution is 9.10. The van der Waals surface area contributed by atoms with Gasteiger partial charge in [-0.2, -0.15) is 0 Å². The Bertz CT molecular complexity index is 447. The molecule has 1 aromatic carbocycles. The van der Waals surface area contributed by atoms with Crippen molar-refractivity contribution >= 4 is 39.1 Å². The van der Waals surface area contributed by atoms with Crippen LogP contribution in [0.2, 0.25) is 5.02 Å². The summed E-state index contributed by atoms with van der Waals surface area (Å²) in [6, 6.07) is 5.51. The van der Waals surface area contributed by atoms with Crippen LogP contribution < -0.4 is 4.90 Å². The van der Waals surface area contributed by atoms with Crippen LogP contribution in [0.15, 0.2) is 35.3 Å². The topological polar surface area (TPSA) is 20.3 Å². The molecule has 1 aromatic rings. The minimum Gasteiger partial charge on any atom is -0.312 e. The molecule has 1 atom stereocenters. The van der Waals surface area contributed by atoms with E-state index in [1.54, 1.807) is 11.0 Å². The Labute approximate surface area is 108 Å². The third-order valence-electron chi connectivity index (χ3n) is 2.70. The van der Waals surface area contributed by atoms with Gasteiger partial charge in [-0.1, -0.05) is 17.7 Å². The molecular formula is C12H11BrClNO. The van der Waals surface area contributed by atoms with Crippen molar-refractivity contribution in [3.05, 3.63) is 40.3 Å². The molecule has 1 aliphatic rings. The maximum atomic E-state index is 11.8. The first-order chi connectivity index (χ1) is 7.61. The minimum atomic E-state index is 0.138. The molecule has 1 aliphatic heterocycles. The van der Waals surface area contributed by atoms with Gasteiger partial charge in [0, 0.05) is 29.0 Å². The summed E-state index contributed by atoms with van der Waals surface area (Å²) in [6.45, 7) is 4.43. The summed E-state index contributed by atoms with van der Waals surface area (Å²) in [4.78, 5) is 13.5. The maximum Gasteiger partial charge on any atom is 0.227 e. The Balaban J connectivity index is 2.27. The quantitative estimate of drug-likeness (QED) is 0.764. The zero-order valence-corrected chi connectivity index (χ0v) is 11.0. The van der Waals surface area contributed by atoms with Crippen LogP contribution in [-0.4, -0.2) is 12.5 Å². The number of hydrogen-bond acceptors (Lipinski definition) is 1. The zero-order valence-electron chi connectivity index (χ0n) is 8.62. The van der Waals surface area contributed by atoms with Gasteiger partial charge in [-0.3, -0.25) is 4.79 Å². The van der Waals surface area contributed by atoms with Gasteiger partial charge < -0.3 is 4.90 Å². The normalized spacial score (nSPS) is 20.2. The lowest BCUT2D eigenvalue weighted by Crippen LogP contribution is -2.24. The Morgan fingerprint density at radius 3 is 2.88 bits per heavy atom. The van der Waals surface area contributed by atoms with Crippen LogP contribution in [0.5, 0.6) is 0 Å². The van der Waals surface area contributed by atoms with Crippen molar-refractivity contribution in [2.24, 2.45) is 5.92 Å². The molecule has 1 unspecified atom stereocenters. The molecule has 0 saturated carbocycles. The Kier molecular flexibility index (Phi) is 3.36. The first kappa shape index (κ1) is 11.7. The van der Waals surface area contributed by atoms with Gasteiger partial charge >= 0.3 is 0 Å². The van der Waals surface area contributed by atoms with Gasteiger partial charge in [-0.25, -0.2) is 0 Å². The number of nitrogens with zero attached hydrogens (tertiary/aromatic N) is 1. The fraction of sp³-hybridized carbons (Fsp3) is 0.250. The van der Waals surface area contributed by atoms with E-state index in [9.17, 15) is 4.79 Å². The highest BCUT2D eigenvalue weighted by Gasteiger charge is 2.28. The second-order valence-corrected chi connectivity index (χ2v) is 5.06. The van der Waals surface area contributed by atoms with Gasteiger partial charge in [-0.05, 0) is 34.1 Å². The van der Waals surface area contributed by atoms with Crippen LogP contribution in [-0.2, 0) is 4.79 Å². The number of benzene rings is 1. The van der Waals surface area contributed by atoms with Crippen LogP contribution >= 0.6 is 27.5 Å². The first-order valence-corrected chi connectivity index (χ1v) is 6.17. The van der Waals surface area contributed by atoms with Crippen LogP contribution in [0.4, 0.5) is 5.69 Å². The Hall–Kier alpha value is -0.800. The molecule has 1 heterocycles. The van der Waals surface area contributed by atoms with E-state index in [1.165, 1.54) is 0 Å². The highest BCUT2D eigenvalue weighted by atomic mass is 79.9. The molecule has 0 radical (unpaired) electrons. The summed E-state index contributed by atoms with van der Waals surface area (Å²) >= 11 is 9.27. The molecule has 1 amide bonds. The zero-order chi connectivity index (χ0) is 11.7. The number of amides is 1. The second kappa shape index (κ2) is 4.60. The van der Waals surface area contributed by atoms with E-state index in [2.05, 4.69) is 22.5 Å². The van der Waals surface area contributed by atoms with Gasteiger partial charge in [0.05, 0.1) is 5.02 Å². The van der Waals surface area contributed by atoms with E-state index in [0.717, 1.165) is 10.2 Å². The fourth-order valence-electron chi connectivity index (χ4n) is 1.80. The number of anilines is 1. The van der Waals surface area contributed by atoms with E-state index in [-0.39, 0.29) is 11.8 Å². The summed E-state index contributed by atoms with van der Waals surface area (Å²) in [5.41, 5.74) is 0.880. The van der Waals surface area contributed by atoms with Crippen molar-refractivity contribution < 1.29 is 4.79 Å². The van der Waals surface area contributed by atoms with Gasteiger partial charge in [0.1, 0.15) is 0 Å². The van der Waals surface area contributed by atoms with Crippen LogP contribution in [0, 0.1) is 5.92 Å². The third kappa shape index (κ3) is 2.15. The van der Waals surface area contributed by atoms with Gasteiger partial charge in [0.15, 0.2) is 0 Å². The van der Waals surface area contributed by atoms with Gasteiger partial charge in [-0.15, -0.1) is 6.58 Å².